The molecule has 20 heavy (non-hydrogen) atoms. The first kappa shape index (κ1) is 15.0. The average Bonchev–Trinajstić information content (AvgIpc) is 2.86. The van der Waals surface area contributed by atoms with E-state index in [4.69, 9.17) is 4.74 Å². The van der Waals surface area contributed by atoms with Crippen molar-refractivity contribution in [3.63, 3.8) is 0 Å². The molecule has 1 N–H and O–H groups in total. The van der Waals surface area contributed by atoms with E-state index in [0.29, 0.717) is 30.1 Å². The van der Waals surface area contributed by atoms with Crippen LogP contribution in [-0.4, -0.2) is 30.5 Å². The van der Waals surface area contributed by atoms with Crippen molar-refractivity contribution in [1.29, 1.82) is 0 Å². The van der Waals surface area contributed by atoms with Gasteiger partial charge in [0.25, 0.3) is 0 Å². The first-order valence-corrected chi connectivity index (χ1v) is 6.95. The van der Waals surface area contributed by atoms with Gasteiger partial charge in [0.05, 0.1) is 6.61 Å². The van der Waals surface area contributed by atoms with Crippen LogP contribution in [-0.2, 0) is 17.7 Å². The summed E-state index contributed by atoms with van der Waals surface area (Å²) in [6.07, 6.45) is 0.321. The standard InChI is InChI=1S/C13H15F2N3OS/c1-19-5-4-16-8-13-18-17-12(20-13)6-9-2-3-10(14)7-11(9)15/h2-3,7,16H,4-6,8H2,1H3. The van der Waals surface area contributed by atoms with Crippen molar-refractivity contribution in [2.75, 3.05) is 20.3 Å². The van der Waals surface area contributed by atoms with Crippen molar-refractivity contribution in [1.82, 2.24) is 15.5 Å². The minimum Gasteiger partial charge on any atom is -0.383 e. The molecule has 1 heterocycles. The van der Waals surface area contributed by atoms with Gasteiger partial charge in [-0.2, -0.15) is 0 Å². The van der Waals surface area contributed by atoms with Crippen molar-refractivity contribution in [3.8, 4) is 0 Å². The zero-order valence-corrected chi connectivity index (χ0v) is 11.8. The van der Waals surface area contributed by atoms with Crippen LogP contribution < -0.4 is 5.32 Å². The van der Waals surface area contributed by atoms with E-state index < -0.39 is 11.6 Å². The smallest absolute Gasteiger partial charge is 0.131 e. The lowest BCUT2D eigenvalue weighted by molar-refractivity contribution is 0.199. The van der Waals surface area contributed by atoms with Gasteiger partial charge in [-0.15, -0.1) is 10.2 Å². The molecular weight excluding hydrogens is 284 g/mol. The molecule has 0 radical (unpaired) electrons. The Kier molecular flexibility index (Phi) is 5.51. The SMILES string of the molecule is COCCNCc1nnc(Cc2ccc(F)cc2F)s1. The molecular formula is C13H15F2N3OS. The molecule has 1 aromatic heterocycles. The van der Waals surface area contributed by atoms with E-state index in [1.165, 1.54) is 23.5 Å². The molecule has 2 rings (SSSR count). The molecule has 0 aliphatic rings. The maximum atomic E-state index is 13.5. The maximum absolute atomic E-state index is 13.5. The molecule has 2 aromatic rings. The van der Waals surface area contributed by atoms with E-state index in [1.807, 2.05) is 0 Å². The van der Waals surface area contributed by atoms with E-state index in [1.54, 1.807) is 7.11 Å². The average molecular weight is 299 g/mol. The lowest BCUT2D eigenvalue weighted by Crippen LogP contribution is -2.18. The number of halogens is 2. The van der Waals surface area contributed by atoms with Gasteiger partial charge in [0.15, 0.2) is 0 Å². The van der Waals surface area contributed by atoms with Gasteiger partial charge in [-0.3, -0.25) is 0 Å². The molecule has 108 valence electrons. The second kappa shape index (κ2) is 7.37. The lowest BCUT2D eigenvalue weighted by atomic mass is 10.1. The minimum atomic E-state index is -0.577. The van der Waals surface area contributed by atoms with Crippen LogP contribution in [0.15, 0.2) is 18.2 Å². The van der Waals surface area contributed by atoms with Gasteiger partial charge in [0, 0.05) is 32.7 Å². The van der Waals surface area contributed by atoms with E-state index in [-0.39, 0.29) is 0 Å². The van der Waals surface area contributed by atoms with Gasteiger partial charge in [-0.25, -0.2) is 8.78 Å². The number of aromatic nitrogens is 2. The summed E-state index contributed by atoms with van der Waals surface area (Å²) >= 11 is 1.41. The second-order valence-corrected chi connectivity index (χ2v) is 5.32. The third kappa shape index (κ3) is 4.29. The fraction of sp³-hybridized carbons (Fsp3) is 0.385. The number of nitrogens with zero attached hydrogens (tertiary/aromatic N) is 2. The number of ether oxygens (including phenoxy) is 1. The predicted molar refractivity (Wildman–Crippen MR) is 72.7 cm³/mol. The number of rotatable bonds is 7. The molecule has 0 atom stereocenters. The molecule has 0 unspecified atom stereocenters. The Hall–Kier alpha value is -1.44. The number of benzene rings is 1. The predicted octanol–water partition coefficient (Wildman–Crippen LogP) is 2.14. The summed E-state index contributed by atoms with van der Waals surface area (Å²) in [4.78, 5) is 0. The van der Waals surface area contributed by atoms with E-state index in [9.17, 15) is 8.78 Å². The van der Waals surface area contributed by atoms with Gasteiger partial charge in [-0.1, -0.05) is 17.4 Å². The van der Waals surface area contributed by atoms with Crippen LogP contribution in [0.5, 0.6) is 0 Å². The molecule has 4 nitrogen and oxygen atoms in total. The third-order valence-corrected chi connectivity index (χ3v) is 3.55. The Morgan fingerprint density at radius 2 is 2.05 bits per heavy atom. The Morgan fingerprint density at radius 1 is 1.25 bits per heavy atom. The normalized spacial score (nSPS) is 10.9. The zero-order chi connectivity index (χ0) is 14.4. The van der Waals surface area contributed by atoms with E-state index in [0.717, 1.165) is 17.6 Å². The summed E-state index contributed by atoms with van der Waals surface area (Å²) in [6.45, 7) is 1.97. The van der Waals surface area contributed by atoms with Gasteiger partial charge in [0.1, 0.15) is 21.6 Å². The van der Waals surface area contributed by atoms with E-state index in [2.05, 4.69) is 15.5 Å². The Balaban J connectivity index is 1.92. The van der Waals surface area contributed by atoms with Crippen LogP contribution in [0.4, 0.5) is 8.78 Å². The summed E-state index contributed by atoms with van der Waals surface area (Å²) in [5.74, 6) is -1.13. The molecule has 0 aliphatic carbocycles. The highest BCUT2D eigenvalue weighted by Gasteiger charge is 2.09. The summed E-state index contributed by atoms with van der Waals surface area (Å²) < 4.78 is 31.2. The minimum absolute atomic E-state index is 0.321. The first-order valence-electron chi connectivity index (χ1n) is 6.14. The molecule has 0 bridgehead atoms. The molecule has 0 saturated carbocycles. The molecule has 0 fully saturated rings. The number of nitrogens with one attached hydrogen (secondary N) is 1. The maximum Gasteiger partial charge on any atom is 0.131 e. The second-order valence-electron chi connectivity index (χ2n) is 4.17. The van der Waals surface area contributed by atoms with Crippen molar-refractivity contribution >= 4 is 11.3 Å². The van der Waals surface area contributed by atoms with Crippen LogP contribution in [0, 0.1) is 11.6 Å². The summed E-state index contributed by atoms with van der Waals surface area (Å²) in [5, 5.41) is 12.7. The van der Waals surface area contributed by atoms with Crippen LogP contribution in [0.2, 0.25) is 0 Å². The Morgan fingerprint density at radius 3 is 2.80 bits per heavy atom. The van der Waals surface area contributed by atoms with Crippen molar-refractivity contribution < 1.29 is 13.5 Å². The van der Waals surface area contributed by atoms with Gasteiger partial charge in [0.2, 0.25) is 0 Å². The fourth-order valence-corrected chi connectivity index (χ4v) is 2.47. The highest BCUT2D eigenvalue weighted by molar-refractivity contribution is 7.11. The van der Waals surface area contributed by atoms with Crippen molar-refractivity contribution in [2.45, 2.75) is 13.0 Å². The number of methoxy groups -OCH3 is 1. The monoisotopic (exact) mass is 299 g/mol. The highest BCUT2D eigenvalue weighted by Crippen LogP contribution is 2.17. The topological polar surface area (TPSA) is 47.0 Å². The van der Waals surface area contributed by atoms with Crippen LogP contribution >= 0.6 is 11.3 Å². The van der Waals surface area contributed by atoms with E-state index >= 15 is 0 Å². The third-order valence-electron chi connectivity index (χ3n) is 2.62. The van der Waals surface area contributed by atoms with Crippen LogP contribution in [0.3, 0.4) is 0 Å². The van der Waals surface area contributed by atoms with Crippen LogP contribution in [0.1, 0.15) is 15.6 Å². The van der Waals surface area contributed by atoms with Crippen molar-refractivity contribution in [3.05, 3.63) is 45.4 Å². The largest absolute Gasteiger partial charge is 0.383 e. The van der Waals surface area contributed by atoms with Gasteiger partial charge < -0.3 is 10.1 Å². The Labute approximate surface area is 119 Å². The quantitative estimate of drug-likeness (QED) is 0.796. The molecule has 1 aromatic carbocycles. The number of hydrogen-bond donors (Lipinski definition) is 1. The molecule has 7 heteroatoms. The summed E-state index contributed by atoms with van der Waals surface area (Å²) in [5.41, 5.74) is 0.418. The fourth-order valence-electron chi connectivity index (χ4n) is 1.63. The molecule has 0 aliphatic heterocycles. The van der Waals surface area contributed by atoms with Crippen LogP contribution in [0.25, 0.3) is 0 Å². The van der Waals surface area contributed by atoms with Gasteiger partial charge in [-0.05, 0) is 11.6 Å². The van der Waals surface area contributed by atoms with Crippen molar-refractivity contribution in [2.24, 2.45) is 0 Å². The summed E-state index contributed by atoms with van der Waals surface area (Å²) in [7, 11) is 1.64. The lowest BCUT2D eigenvalue weighted by Gasteiger charge is -2.00. The number of hydrogen-bond acceptors (Lipinski definition) is 5. The zero-order valence-electron chi connectivity index (χ0n) is 11.0. The molecule has 0 saturated heterocycles. The molecule has 0 spiro atoms. The first-order chi connectivity index (χ1) is 9.69. The molecule has 0 amide bonds. The Bertz CT molecular complexity index is 562. The highest BCUT2D eigenvalue weighted by atomic mass is 32.1. The van der Waals surface area contributed by atoms with Gasteiger partial charge >= 0.3 is 0 Å². The summed E-state index contributed by atoms with van der Waals surface area (Å²) in [6, 6.07) is 3.55.